The van der Waals surface area contributed by atoms with Crippen LogP contribution in [0.15, 0.2) is 18.2 Å². The van der Waals surface area contributed by atoms with Gasteiger partial charge in [-0.3, -0.25) is 0 Å². The molecule has 0 aliphatic carbocycles. The van der Waals surface area contributed by atoms with Crippen LogP contribution >= 0.6 is 23.1 Å². The molecule has 62 valence electrons. The van der Waals surface area contributed by atoms with Crippen molar-refractivity contribution < 1.29 is 4.74 Å². The summed E-state index contributed by atoms with van der Waals surface area (Å²) in [5.74, 6) is 0.810. The smallest absolute Gasteiger partial charge is 0.150 e. The molecule has 1 aromatic carbocycles. The van der Waals surface area contributed by atoms with Gasteiger partial charge in [0.25, 0.3) is 0 Å². The average Bonchev–Trinajstić information content (AvgIpc) is 2.47. The van der Waals surface area contributed by atoms with Gasteiger partial charge in [0.05, 0.1) is 11.8 Å². The van der Waals surface area contributed by atoms with Crippen molar-refractivity contribution in [2.45, 2.75) is 0 Å². The van der Waals surface area contributed by atoms with E-state index < -0.39 is 0 Å². The van der Waals surface area contributed by atoms with Crippen molar-refractivity contribution in [3.8, 4) is 5.75 Å². The summed E-state index contributed by atoms with van der Waals surface area (Å²) in [5, 5.41) is 1.51. The van der Waals surface area contributed by atoms with Gasteiger partial charge in [-0.1, -0.05) is 11.6 Å². The molecule has 0 fully saturated rings. The maximum absolute atomic E-state index is 5.85. The largest absolute Gasteiger partial charge is 0.497 e. The van der Waals surface area contributed by atoms with E-state index in [4.69, 9.17) is 16.3 Å². The molecule has 1 heterocycles. The number of hydrogen-bond acceptors (Lipinski definition) is 3. The molecule has 2 aromatic rings. The molecule has 0 aliphatic heterocycles. The van der Waals surface area contributed by atoms with E-state index in [1.807, 2.05) is 18.2 Å². The third-order valence-corrected chi connectivity index (χ3v) is 2.85. The van der Waals surface area contributed by atoms with Gasteiger partial charge in [-0.05, 0) is 29.7 Å². The van der Waals surface area contributed by atoms with Crippen LogP contribution in [0.4, 0.5) is 0 Å². The fourth-order valence-electron chi connectivity index (χ4n) is 1.02. The molecular formula is C8H6ClNOS. The molecule has 2 rings (SSSR count). The quantitative estimate of drug-likeness (QED) is 0.705. The number of nitrogens with zero attached hydrogens (tertiary/aromatic N) is 1. The van der Waals surface area contributed by atoms with E-state index in [0.29, 0.717) is 5.15 Å². The second-order valence-corrected chi connectivity index (χ2v) is 3.50. The molecule has 0 N–H and O–H groups in total. The van der Waals surface area contributed by atoms with Gasteiger partial charge in [0.1, 0.15) is 5.75 Å². The van der Waals surface area contributed by atoms with Crippen molar-refractivity contribution >= 4 is 33.2 Å². The van der Waals surface area contributed by atoms with Crippen molar-refractivity contribution in [3.05, 3.63) is 23.4 Å². The van der Waals surface area contributed by atoms with E-state index in [1.54, 1.807) is 7.11 Å². The number of halogens is 1. The number of rotatable bonds is 1. The Kier molecular flexibility index (Phi) is 1.90. The maximum atomic E-state index is 5.85. The lowest BCUT2D eigenvalue weighted by Gasteiger charge is -1.97. The normalized spacial score (nSPS) is 10.5. The minimum absolute atomic E-state index is 0.550. The molecule has 0 atom stereocenters. The SMILES string of the molecule is COc1ccc2snc(Cl)c2c1. The van der Waals surface area contributed by atoms with Crippen molar-refractivity contribution in [2.75, 3.05) is 7.11 Å². The number of ether oxygens (including phenoxy) is 1. The van der Waals surface area contributed by atoms with E-state index in [2.05, 4.69) is 4.37 Å². The molecule has 0 saturated carbocycles. The fraction of sp³-hybridized carbons (Fsp3) is 0.125. The lowest BCUT2D eigenvalue weighted by atomic mass is 10.3. The van der Waals surface area contributed by atoms with E-state index in [-0.39, 0.29) is 0 Å². The van der Waals surface area contributed by atoms with E-state index >= 15 is 0 Å². The molecule has 0 spiro atoms. The third-order valence-electron chi connectivity index (χ3n) is 1.63. The maximum Gasteiger partial charge on any atom is 0.150 e. The molecular weight excluding hydrogens is 194 g/mol. The first-order valence-electron chi connectivity index (χ1n) is 3.40. The number of hydrogen-bond donors (Lipinski definition) is 0. The summed E-state index contributed by atoms with van der Waals surface area (Å²) in [6.45, 7) is 0. The molecule has 0 bridgehead atoms. The Bertz CT molecular complexity index is 412. The first-order chi connectivity index (χ1) is 5.81. The molecule has 12 heavy (non-hydrogen) atoms. The third kappa shape index (κ3) is 1.15. The highest BCUT2D eigenvalue weighted by molar-refractivity contribution is 7.13. The number of aromatic nitrogens is 1. The Morgan fingerprint density at radius 1 is 1.50 bits per heavy atom. The standard InChI is InChI=1S/C8H6ClNOS/c1-11-5-2-3-7-6(4-5)8(9)10-12-7/h2-4H,1H3. The number of methoxy groups -OCH3 is 1. The van der Waals surface area contributed by atoms with Gasteiger partial charge in [-0.25, -0.2) is 0 Å². The predicted molar refractivity (Wildman–Crippen MR) is 51.2 cm³/mol. The number of fused-ring (bicyclic) bond motifs is 1. The highest BCUT2D eigenvalue weighted by atomic mass is 35.5. The second-order valence-electron chi connectivity index (χ2n) is 2.34. The van der Waals surface area contributed by atoms with Gasteiger partial charge >= 0.3 is 0 Å². The van der Waals surface area contributed by atoms with Crippen LogP contribution in [0.2, 0.25) is 5.15 Å². The topological polar surface area (TPSA) is 22.1 Å². The van der Waals surface area contributed by atoms with E-state index in [9.17, 15) is 0 Å². The summed E-state index contributed by atoms with van der Waals surface area (Å²) in [4.78, 5) is 0. The van der Waals surface area contributed by atoms with Crippen LogP contribution in [0.1, 0.15) is 0 Å². The van der Waals surface area contributed by atoms with Crippen LogP contribution in [-0.4, -0.2) is 11.5 Å². The zero-order chi connectivity index (χ0) is 8.55. The van der Waals surface area contributed by atoms with Crippen LogP contribution in [-0.2, 0) is 0 Å². The molecule has 1 aromatic heterocycles. The first-order valence-corrected chi connectivity index (χ1v) is 4.55. The highest BCUT2D eigenvalue weighted by Crippen LogP contribution is 2.29. The molecule has 0 saturated heterocycles. The Morgan fingerprint density at radius 3 is 3.08 bits per heavy atom. The zero-order valence-corrected chi connectivity index (χ0v) is 7.95. The second kappa shape index (κ2) is 2.92. The molecule has 2 nitrogen and oxygen atoms in total. The number of benzene rings is 1. The molecule has 4 heteroatoms. The van der Waals surface area contributed by atoms with E-state index in [1.165, 1.54) is 11.5 Å². The van der Waals surface area contributed by atoms with Crippen molar-refractivity contribution in [2.24, 2.45) is 0 Å². The highest BCUT2D eigenvalue weighted by Gasteiger charge is 2.03. The van der Waals surface area contributed by atoms with Gasteiger partial charge in [-0.15, -0.1) is 0 Å². The lowest BCUT2D eigenvalue weighted by molar-refractivity contribution is 0.415. The van der Waals surface area contributed by atoms with Crippen LogP contribution in [0, 0.1) is 0 Å². The monoisotopic (exact) mass is 199 g/mol. The van der Waals surface area contributed by atoms with Gasteiger partial charge in [0, 0.05) is 5.39 Å². The molecule has 0 radical (unpaired) electrons. The van der Waals surface area contributed by atoms with Crippen LogP contribution in [0.5, 0.6) is 5.75 Å². The van der Waals surface area contributed by atoms with E-state index in [0.717, 1.165) is 15.8 Å². The minimum atomic E-state index is 0.550. The van der Waals surface area contributed by atoms with Crippen molar-refractivity contribution in [3.63, 3.8) is 0 Å². The van der Waals surface area contributed by atoms with Crippen LogP contribution < -0.4 is 4.74 Å². The molecule has 0 unspecified atom stereocenters. The minimum Gasteiger partial charge on any atom is -0.497 e. The molecule has 0 amide bonds. The van der Waals surface area contributed by atoms with Gasteiger partial charge in [0.15, 0.2) is 5.15 Å². The summed E-state index contributed by atoms with van der Waals surface area (Å²) >= 11 is 7.24. The van der Waals surface area contributed by atoms with Crippen LogP contribution in [0.25, 0.3) is 10.1 Å². The predicted octanol–water partition coefficient (Wildman–Crippen LogP) is 2.96. The van der Waals surface area contributed by atoms with Crippen molar-refractivity contribution in [1.29, 1.82) is 0 Å². The Balaban J connectivity index is 2.71. The summed E-state index contributed by atoms with van der Waals surface area (Å²) in [5.41, 5.74) is 0. The summed E-state index contributed by atoms with van der Waals surface area (Å²) < 4.78 is 10.2. The Morgan fingerprint density at radius 2 is 2.33 bits per heavy atom. The summed E-state index contributed by atoms with van der Waals surface area (Å²) in [7, 11) is 1.63. The summed E-state index contributed by atoms with van der Waals surface area (Å²) in [6, 6.07) is 5.75. The van der Waals surface area contributed by atoms with Gasteiger partial charge < -0.3 is 4.74 Å². The van der Waals surface area contributed by atoms with Crippen molar-refractivity contribution in [1.82, 2.24) is 4.37 Å². The zero-order valence-electron chi connectivity index (χ0n) is 6.37. The molecule has 0 aliphatic rings. The average molecular weight is 200 g/mol. The lowest BCUT2D eigenvalue weighted by Crippen LogP contribution is -1.80. The first kappa shape index (κ1) is 7.83. The van der Waals surface area contributed by atoms with Gasteiger partial charge in [-0.2, -0.15) is 4.37 Å². The van der Waals surface area contributed by atoms with Crippen LogP contribution in [0.3, 0.4) is 0 Å². The Labute approximate surface area is 78.9 Å². The Hall–Kier alpha value is -0.800. The summed E-state index contributed by atoms with van der Waals surface area (Å²) in [6.07, 6.45) is 0. The fourth-order valence-corrected chi connectivity index (χ4v) is 1.99. The van der Waals surface area contributed by atoms with Gasteiger partial charge in [0.2, 0.25) is 0 Å².